The number of anilines is 2. The van der Waals surface area contributed by atoms with Crippen molar-refractivity contribution in [1.82, 2.24) is 4.90 Å². The Bertz CT molecular complexity index is 627. The van der Waals surface area contributed by atoms with E-state index in [0.29, 0.717) is 37.7 Å². The molecular weight excluding hydrogens is 306 g/mol. The monoisotopic (exact) mass is 327 g/mol. The second-order valence-corrected chi connectivity index (χ2v) is 7.01. The van der Waals surface area contributed by atoms with Crippen LogP contribution in [0.15, 0.2) is 24.3 Å². The molecule has 1 aliphatic heterocycles. The number of carbonyl (C=O) groups excluding carboxylic acids is 1. The third kappa shape index (κ3) is 4.88. The van der Waals surface area contributed by atoms with E-state index in [-0.39, 0.29) is 5.91 Å². The van der Waals surface area contributed by atoms with Gasteiger partial charge in [0.15, 0.2) is 0 Å². The molecule has 0 aliphatic carbocycles. The minimum absolute atomic E-state index is 0.00442. The van der Waals surface area contributed by atoms with Gasteiger partial charge in [0, 0.05) is 18.8 Å². The lowest BCUT2D eigenvalue weighted by molar-refractivity contribution is -0.135. The quantitative estimate of drug-likeness (QED) is 0.832. The molecule has 1 fully saturated rings. The summed E-state index contributed by atoms with van der Waals surface area (Å²) in [4.78, 5) is 14.1. The Morgan fingerprint density at radius 2 is 1.91 bits per heavy atom. The van der Waals surface area contributed by atoms with Gasteiger partial charge < -0.3 is 15.0 Å². The fourth-order valence-corrected chi connectivity index (χ4v) is 2.81. The Hall–Kier alpha value is -1.80. The van der Waals surface area contributed by atoms with E-state index in [0.717, 1.165) is 6.26 Å². The van der Waals surface area contributed by atoms with Crippen LogP contribution in [0.4, 0.5) is 11.4 Å². The molecule has 0 unspecified atom stereocenters. The topological polar surface area (TPSA) is 87.7 Å². The van der Waals surface area contributed by atoms with Crippen LogP contribution < -0.4 is 10.0 Å². The fraction of sp³-hybridized carbons (Fsp3) is 0.500. The highest BCUT2D eigenvalue weighted by molar-refractivity contribution is 7.92. The third-order valence-corrected chi connectivity index (χ3v) is 3.85. The SMILES string of the molecule is C[C@H](Nc1cccc(NS(C)(=O)=O)c1)C(=O)N1CCOCC1. The molecule has 0 aromatic heterocycles. The van der Waals surface area contributed by atoms with Gasteiger partial charge >= 0.3 is 0 Å². The van der Waals surface area contributed by atoms with E-state index in [9.17, 15) is 13.2 Å². The van der Waals surface area contributed by atoms with Gasteiger partial charge in [0.25, 0.3) is 0 Å². The van der Waals surface area contributed by atoms with Gasteiger partial charge in [-0.3, -0.25) is 9.52 Å². The molecule has 7 nitrogen and oxygen atoms in total. The van der Waals surface area contributed by atoms with Crippen molar-refractivity contribution in [2.24, 2.45) is 0 Å². The first-order valence-electron chi connectivity index (χ1n) is 7.06. The first kappa shape index (κ1) is 16.6. The molecule has 22 heavy (non-hydrogen) atoms. The summed E-state index contributed by atoms with van der Waals surface area (Å²) >= 11 is 0. The van der Waals surface area contributed by atoms with E-state index in [1.165, 1.54) is 0 Å². The number of nitrogens with one attached hydrogen (secondary N) is 2. The van der Waals surface area contributed by atoms with Crippen LogP contribution in [0.3, 0.4) is 0 Å². The van der Waals surface area contributed by atoms with Gasteiger partial charge in [-0.05, 0) is 25.1 Å². The molecule has 2 rings (SSSR count). The molecular formula is C14H21N3O4S. The smallest absolute Gasteiger partial charge is 0.244 e. The Labute approximate surface area is 130 Å². The molecule has 2 N–H and O–H groups in total. The molecule has 1 aliphatic rings. The van der Waals surface area contributed by atoms with Gasteiger partial charge in [0.2, 0.25) is 15.9 Å². The van der Waals surface area contributed by atoms with Gasteiger partial charge in [-0.15, -0.1) is 0 Å². The molecule has 0 saturated carbocycles. The Kier molecular flexibility index (Phi) is 5.25. The lowest BCUT2D eigenvalue weighted by Gasteiger charge is -2.29. The highest BCUT2D eigenvalue weighted by atomic mass is 32.2. The largest absolute Gasteiger partial charge is 0.378 e. The van der Waals surface area contributed by atoms with Crippen molar-refractivity contribution < 1.29 is 17.9 Å². The van der Waals surface area contributed by atoms with E-state index in [4.69, 9.17) is 4.74 Å². The summed E-state index contributed by atoms with van der Waals surface area (Å²) in [5.41, 5.74) is 1.14. The molecule has 0 radical (unpaired) electrons. The van der Waals surface area contributed by atoms with E-state index in [1.54, 1.807) is 36.1 Å². The number of hydrogen-bond donors (Lipinski definition) is 2. The summed E-state index contributed by atoms with van der Waals surface area (Å²) in [6, 6.07) is 6.43. The molecule has 8 heteroatoms. The van der Waals surface area contributed by atoms with Crippen LogP contribution in [0.2, 0.25) is 0 Å². The van der Waals surface area contributed by atoms with E-state index in [2.05, 4.69) is 10.0 Å². The van der Waals surface area contributed by atoms with Crippen LogP contribution >= 0.6 is 0 Å². The zero-order valence-corrected chi connectivity index (χ0v) is 13.5. The van der Waals surface area contributed by atoms with Crippen LogP contribution in [0.25, 0.3) is 0 Å². The number of carbonyl (C=O) groups is 1. The number of nitrogens with zero attached hydrogens (tertiary/aromatic N) is 1. The molecule has 122 valence electrons. The van der Waals surface area contributed by atoms with Crippen molar-refractivity contribution in [3.05, 3.63) is 24.3 Å². The number of ether oxygens (including phenoxy) is 1. The average Bonchev–Trinajstić information content (AvgIpc) is 2.46. The van der Waals surface area contributed by atoms with E-state index >= 15 is 0 Å². The summed E-state index contributed by atoms with van der Waals surface area (Å²) < 4.78 is 30.1. The number of amides is 1. The van der Waals surface area contributed by atoms with Crippen molar-refractivity contribution in [3.8, 4) is 0 Å². The Morgan fingerprint density at radius 3 is 2.55 bits per heavy atom. The molecule has 1 heterocycles. The lowest BCUT2D eigenvalue weighted by atomic mass is 10.2. The second-order valence-electron chi connectivity index (χ2n) is 5.26. The van der Waals surface area contributed by atoms with Crippen molar-refractivity contribution in [3.63, 3.8) is 0 Å². The number of benzene rings is 1. The van der Waals surface area contributed by atoms with Gasteiger partial charge in [0.1, 0.15) is 6.04 Å². The molecule has 0 bridgehead atoms. The highest BCUT2D eigenvalue weighted by Gasteiger charge is 2.22. The second kappa shape index (κ2) is 6.97. The molecule has 1 atom stereocenters. The maximum absolute atomic E-state index is 12.3. The molecule has 1 aromatic rings. The zero-order chi connectivity index (χ0) is 16.2. The maximum Gasteiger partial charge on any atom is 0.244 e. The molecule has 1 amide bonds. The standard InChI is InChI=1S/C14H21N3O4S/c1-11(14(18)17-6-8-21-9-7-17)15-12-4-3-5-13(10-12)16-22(2,19)20/h3-5,10-11,15-16H,6-9H2,1-2H3/t11-/m0/s1. The predicted molar refractivity (Wildman–Crippen MR) is 85.4 cm³/mol. The van der Waals surface area contributed by atoms with Crippen molar-refractivity contribution >= 4 is 27.3 Å². The van der Waals surface area contributed by atoms with Gasteiger partial charge in [-0.2, -0.15) is 0 Å². The highest BCUT2D eigenvalue weighted by Crippen LogP contribution is 2.17. The predicted octanol–water partition coefficient (Wildman–Crippen LogP) is 0.717. The molecule has 0 spiro atoms. The Balaban J connectivity index is 2.00. The maximum atomic E-state index is 12.3. The normalized spacial score (nSPS) is 16.9. The number of morpholine rings is 1. The number of sulfonamides is 1. The summed E-state index contributed by atoms with van der Waals surface area (Å²) in [6.07, 6.45) is 1.09. The number of rotatable bonds is 5. The minimum atomic E-state index is -3.32. The summed E-state index contributed by atoms with van der Waals surface area (Å²) in [5.74, 6) is 0.00442. The van der Waals surface area contributed by atoms with E-state index in [1.807, 2.05) is 0 Å². The summed E-state index contributed by atoms with van der Waals surface area (Å²) in [7, 11) is -3.32. The first-order valence-corrected chi connectivity index (χ1v) is 8.95. The van der Waals surface area contributed by atoms with Crippen molar-refractivity contribution in [1.29, 1.82) is 0 Å². The van der Waals surface area contributed by atoms with Crippen molar-refractivity contribution in [2.75, 3.05) is 42.6 Å². The fourth-order valence-electron chi connectivity index (χ4n) is 2.26. The molecule has 1 saturated heterocycles. The van der Waals surface area contributed by atoms with Crippen LogP contribution in [-0.2, 0) is 19.6 Å². The lowest BCUT2D eigenvalue weighted by Crippen LogP contribution is -2.46. The van der Waals surface area contributed by atoms with Gasteiger partial charge in [-0.25, -0.2) is 8.42 Å². The van der Waals surface area contributed by atoms with Crippen LogP contribution in [-0.4, -0.2) is 57.8 Å². The summed E-state index contributed by atoms with van der Waals surface area (Å²) in [5, 5.41) is 3.10. The van der Waals surface area contributed by atoms with Crippen LogP contribution in [0.5, 0.6) is 0 Å². The first-order chi connectivity index (χ1) is 10.3. The van der Waals surface area contributed by atoms with Gasteiger partial charge in [0.05, 0.1) is 25.2 Å². The number of hydrogen-bond acceptors (Lipinski definition) is 5. The van der Waals surface area contributed by atoms with Gasteiger partial charge in [-0.1, -0.05) is 6.07 Å². The van der Waals surface area contributed by atoms with Crippen LogP contribution in [0.1, 0.15) is 6.92 Å². The molecule has 1 aromatic carbocycles. The van der Waals surface area contributed by atoms with Crippen LogP contribution in [0, 0.1) is 0 Å². The average molecular weight is 327 g/mol. The summed E-state index contributed by atoms with van der Waals surface area (Å²) in [6.45, 7) is 4.11. The Morgan fingerprint density at radius 1 is 1.27 bits per heavy atom. The van der Waals surface area contributed by atoms with Crippen molar-refractivity contribution in [2.45, 2.75) is 13.0 Å². The van der Waals surface area contributed by atoms with E-state index < -0.39 is 16.1 Å². The third-order valence-electron chi connectivity index (χ3n) is 3.24. The zero-order valence-electron chi connectivity index (χ0n) is 12.7. The minimum Gasteiger partial charge on any atom is -0.378 e.